The van der Waals surface area contributed by atoms with Crippen molar-refractivity contribution in [3.8, 4) is 5.69 Å². The van der Waals surface area contributed by atoms with Gasteiger partial charge in [-0.05, 0) is 49.1 Å². The van der Waals surface area contributed by atoms with E-state index in [2.05, 4.69) is 20.9 Å². The van der Waals surface area contributed by atoms with Crippen molar-refractivity contribution < 1.29 is 14.0 Å². The number of carbonyl (C=O) groups excluding carboxylic acids is 2. The molecular formula is C22H22ClFN6O2. The fraction of sp³-hybridized carbons (Fsp3) is 0.273. The van der Waals surface area contributed by atoms with E-state index in [-0.39, 0.29) is 17.5 Å². The number of rotatable bonds is 5. The van der Waals surface area contributed by atoms with Crippen LogP contribution in [0.2, 0.25) is 5.02 Å². The third-order valence-electron chi connectivity index (χ3n) is 5.25. The fourth-order valence-corrected chi connectivity index (χ4v) is 3.90. The molecule has 3 aromatic rings. The predicted molar refractivity (Wildman–Crippen MR) is 118 cm³/mol. The molecule has 8 nitrogen and oxygen atoms in total. The van der Waals surface area contributed by atoms with Crippen LogP contribution in [0.3, 0.4) is 0 Å². The van der Waals surface area contributed by atoms with E-state index in [9.17, 15) is 14.0 Å². The smallest absolute Gasteiger partial charge is 0.319 e. The minimum Gasteiger partial charge on any atom is -0.338 e. The Hall–Kier alpha value is -3.46. The van der Waals surface area contributed by atoms with Crippen LogP contribution in [0.25, 0.3) is 5.69 Å². The summed E-state index contributed by atoms with van der Waals surface area (Å²) < 4.78 is 14.7. The number of anilines is 1. The minimum atomic E-state index is -0.421. The molecule has 1 aromatic heterocycles. The summed E-state index contributed by atoms with van der Waals surface area (Å²) in [6.45, 7) is 1.51. The third kappa shape index (κ3) is 5.23. The van der Waals surface area contributed by atoms with Crippen LogP contribution in [0.5, 0.6) is 0 Å². The number of nitrogens with zero attached hydrogens (tertiary/aromatic N) is 4. The second-order valence-corrected chi connectivity index (χ2v) is 8.01. The molecule has 0 spiro atoms. The van der Waals surface area contributed by atoms with Crippen LogP contribution in [0, 0.1) is 11.7 Å². The molecule has 2 heterocycles. The van der Waals surface area contributed by atoms with Crippen molar-refractivity contribution in [2.45, 2.75) is 12.8 Å². The molecule has 1 atom stereocenters. The summed E-state index contributed by atoms with van der Waals surface area (Å²) in [5.74, 6) is -0.530. The first-order chi connectivity index (χ1) is 15.5. The Balaban J connectivity index is 1.32. The number of piperidine rings is 1. The molecule has 1 aliphatic rings. The number of hydrogen-bond acceptors (Lipinski definition) is 4. The Morgan fingerprint density at radius 2 is 2.03 bits per heavy atom. The Labute approximate surface area is 189 Å². The van der Waals surface area contributed by atoms with Gasteiger partial charge in [0.15, 0.2) is 5.69 Å². The topological polar surface area (TPSA) is 92.2 Å². The van der Waals surface area contributed by atoms with Crippen LogP contribution < -0.4 is 10.6 Å². The molecule has 166 valence electrons. The number of hydrogen-bond donors (Lipinski definition) is 2. The van der Waals surface area contributed by atoms with Crippen molar-refractivity contribution in [2.75, 3.05) is 25.0 Å². The molecule has 2 aromatic carbocycles. The highest BCUT2D eigenvalue weighted by Crippen LogP contribution is 2.21. The SMILES string of the molecule is O=C(NCC1CCCN(C(=O)c2cn(-c3ccccc3Cl)nn2)C1)Nc1cccc(F)c1. The Kier molecular flexibility index (Phi) is 6.65. The van der Waals surface area contributed by atoms with Gasteiger partial charge in [-0.15, -0.1) is 5.10 Å². The number of para-hydroxylation sites is 1. The van der Waals surface area contributed by atoms with Gasteiger partial charge in [0.1, 0.15) is 5.82 Å². The van der Waals surface area contributed by atoms with Crippen LogP contribution >= 0.6 is 11.6 Å². The summed E-state index contributed by atoms with van der Waals surface area (Å²) in [4.78, 5) is 26.8. The van der Waals surface area contributed by atoms with Crippen molar-refractivity contribution >= 4 is 29.2 Å². The lowest BCUT2D eigenvalue weighted by atomic mass is 9.98. The molecule has 0 radical (unpaired) electrons. The van der Waals surface area contributed by atoms with Gasteiger partial charge in [-0.1, -0.05) is 35.0 Å². The highest BCUT2D eigenvalue weighted by Gasteiger charge is 2.26. The number of aromatic nitrogens is 3. The van der Waals surface area contributed by atoms with Gasteiger partial charge >= 0.3 is 6.03 Å². The first kappa shape index (κ1) is 21.8. The number of likely N-dealkylation sites (tertiary alicyclic amines) is 1. The molecule has 3 amide bonds. The fourth-order valence-electron chi connectivity index (χ4n) is 3.67. The van der Waals surface area contributed by atoms with Gasteiger partial charge in [0.05, 0.1) is 16.9 Å². The molecule has 1 aliphatic heterocycles. The molecule has 1 saturated heterocycles. The van der Waals surface area contributed by atoms with Crippen LogP contribution in [-0.2, 0) is 0 Å². The van der Waals surface area contributed by atoms with E-state index in [4.69, 9.17) is 11.6 Å². The summed E-state index contributed by atoms with van der Waals surface area (Å²) in [6.07, 6.45) is 3.27. The summed E-state index contributed by atoms with van der Waals surface area (Å²) in [5, 5.41) is 14.0. The zero-order chi connectivity index (χ0) is 22.5. The Morgan fingerprint density at radius 3 is 2.84 bits per heavy atom. The molecule has 1 unspecified atom stereocenters. The lowest BCUT2D eigenvalue weighted by Gasteiger charge is -2.32. The average Bonchev–Trinajstić information content (AvgIpc) is 3.28. The first-order valence-electron chi connectivity index (χ1n) is 10.3. The maximum Gasteiger partial charge on any atom is 0.319 e. The monoisotopic (exact) mass is 456 g/mol. The highest BCUT2D eigenvalue weighted by molar-refractivity contribution is 6.32. The summed E-state index contributed by atoms with van der Waals surface area (Å²) >= 11 is 6.19. The van der Waals surface area contributed by atoms with E-state index in [1.54, 1.807) is 29.3 Å². The maximum atomic E-state index is 13.2. The first-order valence-corrected chi connectivity index (χ1v) is 10.6. The third-order valence-corrected chi connectivity index (χ3v) is 5.57. The molecule has 2 N–H and O–H groups in total. The number of nitrogens with one attached hydrogen (secondary N) is 2. The zero-order valence-corrected chi connectivity index (χ0v) is 17.9. The van der Waals surface area contributed by atoms with Gasteiger partial charge in [-0.3, -0.25) is 4.79 Å². The average molecular weight is 457 g/mol. The summed E-state index contributed by atoms with van der Waals surface area (Å²) in [5.41, 5.74) is 1.26. The molecule has 1 fully saturated rings. The normalized spacial score (nSPS) is 15.9. The Bertz CT molecular complexity index is 1120. The van der Waals surface area contributed by atoms with Crippen LogP contribution in [0.15, 0.2) is 54.7 Å². The molecule has 0 aliphatic carbocycles. The van der Waals surface area contributed by atoms with Crippen LogP contribution in [0.4, 0.5) is 14.9 Å². The van der Waals surface area contributed by atoms with E-state index in [0.29, 0.717) is 36.0 Å². The second kappa shape index (κ2) is 9.78. The second-order valence-electron chi connectivity index (χ2n) is 7.60. The molecule has 0 bridgehead atoms. The van der Waals surface area contributed by atoms with Gasteiger partial charge in [0.2, 0.25) is 0 Å². The lowest BCUT2D eigenvalue weighted by molar-refractivity contribution is 0.0669. The van der Waals surface area contributed by atoms with Gasteiger partial charge in [-0.2, -0.15) is 0 Å². The Morgan fingerprint density at radius 1 is 1.19 bits per heavy atom. The van der Waals surface area contributed by atoms with Crippen molar-refractivity contribution in [2.24, 2.45) is 5.92 Å². The molecule has 10 heteroatoms. The van der Waals surface area contributed by atoms with E-state index >= 15 is 0 Å². The van der Waals surface area contributed by atoms with E-state index in [0.717, 1.165) is 12.8 Å². The van der Waals surface area contributed by atoms with E-state index in [1.165, 1.54) is 22.9 Å². The van der Waals surface area contributed by atoms with Crippen molar-refractivity contribution in [3.05, 3.63) is 71.3 Å². The van der Waals surface area contributed by atoms with Crippen molar-refractivity contribution in [1.29, 1.82) is 0 Å². The molecule has 32 heavy (non-hydrogen) atoms. The predicted octanol–water partition coefficient (Wildman–Crippen LogP) is 3.73. The number of benzene rings is 2. The summed E-state index contributed by atoms with van der Waals surface area (Å²) in [6, 6.07) is 12.5. The number of urea groups is 1. The lowest BCUT2D eigenvalue weighted by Crippen LogP contribution is -2.44. The van der Waals surface area contributed by atoms with Crippen molar-refractivity contribution in [3.63, 3.8) is 0 Å². The minimum absolute atomic E-state index is 0.101. The van der Waals surface area contributed by atoms with Gasteiger partial charge < -0.3 is 15.5 Å². The van der Waals surface area contributed by atoms with Gasteiger partial charge in [0.25, 0.3) is 5.91 Å². The van der Waals surface area contributed by atoms with Crippen molar-refractivity contribution in [1.82, 2.24) is 25.2 Å². The molecule has 4 rings (SSSR count). The molecular weight excluding hydrogens is 435 g/mol. The van der Waals surface area contributed by atoms with E-state index < -0.39 is 11.8 Å². The van der Waals surface area contributed by atoms with Crippen LogP contribution in [-0.4, -0.2) is 51.5 Å². The molecule has 0 saturated carbocycles. The van der Waals surface area contributed by atoms with E-state index in [1.807, 2.05) is 12.1 Å². The summed E-state index contributed by atoms with van der Waals surface area (Å²) in [7, 11) is 0. The van der Waals surface area contributed by atoms with Crippen LogP contribution in [0.1, 0.15) is 23.3 Å². The standard InChI is InChI=1S/C22H22ClFN6O2/c23-18-8-1-2-9-20(18)30-14-19(27-28-30)21(31)29-10-4-5-15(13-29)12-25-22(32)26-17-7-3-6-16(24)11-17/h1-3,6-9,11,14-15H,4-5,10,12-13H2,(H2,25,26,32). The zero-order valence-electron chi connectivity index (χ0n) is 17.2. The highest BCUT2D eigenvalue weighted by atomic mass is 35.5. The number of halogens is 2. The largest absolute Gasteiger partial charge is 0.338 e. The number of amides is 3. The number of carbonyl (C=O) groups is 2. The van der Waals surface area contributed by atoms with Gasteiger partial charge in [0, 0.05) is 25.3 Å². The maximum absolute atomic E-state index is 13.2. The van der Waals surface area contributed by atoms with Gasteiger partial charge in [-0.25, -0.2) is 13.9 Å². The quantitative estimate of drug-likeness (QED) is 0.611.